The van der Waals surface area contributed by atoms with Crippen molar-refractivity contribution in [3.63, 3.8) is 0 Å². The minimum absolute atomic E-state index is 0.00722. The number of alkyl carbamates (subject to hydrolysis) is 1. The Morgan fingerprint density at radius 1 is 1.04 bits per heavy atom. The topological polar surface area (TPSA) is 149 Å². The summed E-state index contributed by atoms with van der Waals surface area (Å²) < 4.78 is 63.6. The molecule has 1 saturated heterocycles. The summed E-state index contributed by atoms with van der Waals surface area (Å²) in [5.74, 6) is -0.948. The fraction of sp³-hybridized carbons (Fsp3) is 0.656. The average molecular weight is 670 g/mol. The number of halogens is 3. The van der Waals surface area contributed by atoms with Crippen LogP contribution in [0.15, 0.2) is 27.7 Å². The Labute approximate surface area is 273 Å². The normalized spacial score (nSPS) is 17.5. The zero-order valence-electron chi connectivity index (χ0n) is 28.1. The number of alkyl halides is 3. The Hall–Kier alpha value is -3.88. The van der Waals surface area contributed by atoms with E-state index in [1.54, 1.807) is 41.5 Å². The molecule has 2 amide bonds. The SMILES string of the molecule is CCCCCCCCOc1ccc(-c2noc([C@@H]3[C@H](O)CCN3C(=NC(=O)OC(C)(C)C)NC(=O)OC(C)(C)C)n2)cc1C(F)(F)F. The number of likely N-dealkylation sites (tertiary alicyclic amines) is 1. The summed E-state index contributed by atoms with van der Waals surface area (Å²) >= 11 is 0. The number of amides is 2. The Morgan fingerprint density at radius 3 is 2.34 bits per heavy atom. The van der Waals surface area contributed by atoms with Gasteiger partial charge in [-0.15, -0.1) is 4.99 Å². The molecule has 0 unspecified atom stereocenters. The average Bonchev–Trinajstić information content (AvgIpc) is 3.56. The summed E-state index contributed by atoms with van der Waals surface area (Å²) in [5, 5.41) is 17.2. The lowest BCUT2D eigenvalue weighted by Crippen LogP contribution is -2.47. The molecule has 3 rings (SSSR count). The fourth-order valence-electron chi connectivity index (χ4n) is 4.80. The quantitative estimate of drug-likeness (QED) is 0.149. The molecule has 262 valence electrons. The van der Waals surface area contributed by atoms with E-state index in [0.717, 1.165) is 38.2 Å². The molecular weight excluding hydrogens is 623 g/mol. The van der Waals surface area contributed by atoms with Crippen LogP contribution >= 0.6 is 0 Å². The van der Waals surface area contributed by atoms with E-state index in [0.29, 0.717) is 6.42 Å². The molecule has 0 saturated carbocycles. The first kappa shape index (κ1) is 37.6. The number of unbranched alkanes of at least 4 members (excludes halogenated alkanes) is 5. The molecule has 1 aromatic carbocycles. The van der Waals surface area contributed by atoms with Gasteiger partial charge in [-0.05, 0) is 72.6 Å². The summed E-state index contributed by atoms with van der Waals surface area (Å²) in [5.41, 5.74) is -2.75. The monoisotopic (exact) mass is 669 g/mol. The minimum Gasteiger partial charge on any atom is -0.493 e. The van der Waals surface area contributed by atoms with Gasteiger partial charge in [-0.2, -0.15) is 18.2 Å². The van der Waals surface area contributed by atoms with E-state index in [-0.39, 0.29) is 48.6 Å². The predicted octanol–water partition coefficient (Wildman–Crippen LogP) is 7.42. The summed E-state index contributed by atoms with van der Waals surface area (Å²) in [7, 11) is 0. The first-order valence-electron chi connectivity index (χ1n) is 15.8. The van der Waals surface area contributed by atoms with Gasteiger partial charge in [0.05, 0.1) is 18.3 Å². The molecule has 1 aliphatic heterocycles. The zero-order valence-corrected chi connectivity index (χ0v) is 28.1. The molecule has 1 aliphatic rings. The highest BCUT2D eigenvalue weighted by molar-refractivity contribution is 5.99. The third-order valence-corrected chi connectivity index (χ3v) is 6.83. The van der Waals surface area contributed by atoms with Crippen molar-refractivity contribution >= 4 is 18.1 Å². The van der Waals surface area contributed by atoms with Crippen LogP contribution in [0.25, 0.3) is 11.4 Å². The number of hydrogen-bond donors (Lipinski definition) is 2. The van der Waals surface area contributed by atoms with Crippen molar-refractivity contribution in [1.29, 1.82) is 0 Å². The lowest BCUT2D eigenvalue weighted by molar-refractivity contribution is -0.138. The summed E-state index contributed by atoms with van der Waals surface area (Å²) in [6.45, 7) is 12.2. The number of aliphatic hydroxyl groups is 1. The number of guanidine groups is 1. The maximum absolute atomic E-state index is 14.0. The third kappa shape index (κ3) is 11.7. The number of ether oxygens (including phenoxy) is 3. The fourth-order valence-corrected chi connectivity index (χ4v) is 4.80. The van der Waals surface area contributed by atoms with Crippen LogP contribution in [0.3, 0.4) is 0 Å². The van der Waals surface area contributed by atoms with E-state index in [1.165, 1.54) is 17.0 Å². The largest absolute Gasteiger partial charge is 0.493 e. The maximum Gasteiger partial charge on any atom is 0.437 e. The predicted molar refractivity (Wildman–Crippen MR) is 167 cm³/mol. The van der Waals surface area contributed by atoms with Crippen LogP contribution in [0.5, 0.6) is 5.75 Å². The summed E-state index contributed by atoms with van der Waals surface area (Å²) in [6.07, 6.45) is -1.82. The molecule has 0 bridgehead atoms. The number of aromatic nitrogens is 2. The maximum atomic E-state index is 14.0. The Morgan fingerprint density at radius 2 is 1.70 bits per heavy atom. The second-order valence-corrected chi connectivity index (χ2v) is 13.3. The second kappa shape index (κ2) is 15.8. The molecule has 0 spiro atoms. The number of nitrogens with one attached hydrogen (secondary N) is 1. The van der Waals surface area contributed by atoms with Gasteiger partial charge < -0.3 is 28.7 Å². The Kier molecular flexibility index (Phi) is 12.6. The van der Waals surface area contributed by atoms with Crippen LogP contribution in [0.2, 0.25) is 0 Å². The molecule has 2 aromatic rings. The second-order valence-electron chi connectivity index (χ2n) is 13.3. The van der Waals surface area contributed by atoms with Crippen LogP contribution < -0.4 is 10.1 Å². The number of carbonyl (C=O) groups is 2. The molecule has 47 heavy (non-hydrogen) atoms. The lowest BCUT2D eigenvalue weighted by atomic mass is 10.1. The van der Waals surface area contributed by atoms with Crippen molar-refractivity contribution < 1.29 is 46.6 Å². The molecule has 2 atom stereocenters. The minimum atomic E-state index is -4.71. The van der Waals surface area contributed by atoms with Crippen molar-refractivity contribution in [3.8, 4) is 17.1 Å². The van der Waals surface area contributed by atoms with Crippen molar-refractivity contribution in [1.82, 2.24) is 20.4 Å². The molecule has 1 aromatic heterocycles. The van der Waals surface area contributed by atoms with E-state index in [2.05, 4.69) is 27.4 Å². The third-order valence-electron chi connectivity index (χ3n) is 6.83. The first-order valence-corrected chi connectivity index (χ1v) is 15.8. The number of aliphatic hydroxyl groups excluding tert-OH is 1. The van der Waals surface area contributed by atoms with Crippen molar-refractivity contribution in [2.45, 2.75) is 123 Å². The highest BCUT2D eigenvalue weighted by Crippen LogP contribution is 2.39. The summed E-state index contributed by atoms with van der Waals surface area (Å²) in [4.78, 5) is 34.9. The van der Waals surface area contributed by atoms with Crippen LogP contribution in [0.1, 0.15) is 111 Å². The van der Waals surface area contributed by atoms with Crippen LogP contribution in [-0.2, 0) is 15.7 Å². The van der Waals surface area contributed by atoms with Crippen LogP contribution in [0, 0.1) is 0 Å². The number of hydrogen-bond acceptors (Lipinski definition) is 9. The smallest absolute Gasteiger partial charge is 0.437 e. The number of benzene rings is 1. The molecule has 2 N–H and O–H groups in total. The van der Waals surface area contributed by atoms with Crippen LogP contribution in [-0.4, -0.2) is 68.8 Å². The molecule has 15 heteroatoms. The van der Waals surface area contributed by atoms with Gasteiger partial charge in [0.15, 0.2) is 0 Å². The van der Waals surface area contributed by atoms with Gasteiger partial charge in [-0.25, -0.2) is 9.59 Å². The van der Waals surface area contributed by atoms with E-state index in [4.69, 9.17) is 18.7 Å². The van der Waals surface area contributed by atoms with Gasteiger partial charge in [0.2, 0.25) is 11.8 Å². The van der Waals surface area contributed by atoms with Gasteiger partial charge in [0.1, 0.15) is 23.0 Å². The Bertz CT molecular complexity index is 1380. The lowest BCUT2D eigenvalue weighted by Gasteiger charge is -2.28. The van der Waals surface area contributed by atoms with Gasteiger partial charge >= 0.3 is 18.4 Å². The highest BCUT2D eigenvalue weighted by atomic mass is 19.4. The van der Waals surface area contributed by atoms with Gasteiger partial charge in [0, 0.05) is 12.1 Å². The number of rotatable bonds is 10. The molecule has 0 aliphatic carbocycles. The number of carbonyl (C=O) groups excluding carboxylic acids is 2. The van der Waals surface area contributed by atoms with Crippen LogP contribution in [0.4, 0.5) is 22.8 Å². The summed E-state index contributed by atoms with van der Waals surface area (Å²) in [6, 6.07) is 2.38. The van der Waals surface area contributed by atoms with Gasteiger partial charge in [0.25, 0.3) is 5.89 Å². The van der Waals surface area contributed by atoms with E-state index < -0.39 is 47.3 Å². The molecule has 1 fully saturated rings. The molecule has 2 heterocycles. The standard InChI is InChI=1S/C32H46F3N5O7/c1-8-9-10-11-12-13-18-44-23-15-14-20(19-21(23)32(33,34)35)25-36-26(47-39-25)24-22(41)16-17-40(24)27(37-28(42)45-30(2,3)4)38-29(43)46-31(5,6)7/h14-15,19,22,24,41H,8-13,16-18H2,1-7H3,(H,37,38,42,43)/t22-,24+/m1/s1. The number of aliphatic imine (C=N–C) groups is 1. The van der Waals surface area contributed by atoms with Gasteiger partial charge in [-0.3, -0.25) is 5.32 Å². The van der Waals surface area contributed by atoms with E-state index in [9.17, 15) is 27.9 Å². The Balaban J connectivity index is 1.87. The van der Waals surface area contributed by atoms with Crippen molar-refractivity contribution in [3.05, 3.63) is 29.7 Å². The number of nitrogens with zero attached hydrogens (tertiary/aromatic N) is 4. The molecule has 12 nitrogen and oxygen atoms in total. The molecule has 0 radical (unpaired) electrons. The van der Waals surface area contributed by atoms with E-state index in [1.807, 2.05) is 0 Å². The van der Waals surface area contributed by atoms with Gasteiger partial charge in [-0.1, -0.05) is 44.2 Å². The molecular formula is C32H46F3N5O7. The van der Waals surface area contributed by atoms with Crippen molar-refractivity contribution in [2.24, 2.45) is 4.99 Å². The van der Waals surface area contributed by atoms with Crippen molar-refractivity contribution in [2.75, 3.05) is 13.2 Å². The zero-order chi connectivity index (χ0) is 35.0. The highest BCUT2D eigenvalue weighted by Gasteiger charge is 2.42. The first-order chi connectivity index (χ1) is 21.9. The van der Waals surface area contributed by atoms with E-state index >= 15 is 0 Å².